The van der Waals surface area contributed by atoms with Gasteiger partial charge in [0.1, 0.15) is 18.0 Å². The van der Waals surface area contributed by atoms with Gasteiger partial charge in [0.15, 0.2) is 55.7 Å². The molecule has 12 nitrogen and oxygen atoms in total. The zero-order valence-corrected chi connectivity index (χ0v) is 72.4. The van der Waals surface area contributed by atoms with Crippen LogP contribution in [0.4, 0.5) is 0 Å². The van der Waals surface area contributed by atoms with E-state index < -0.39 is 98.2 Å². The van der Waals surface area contributed by atoms with Crippen LogP contribution in [0.25, 0.3) is 0 Å². The van der Waals surface area contributed by atoms with Gasteiger partial charge in [-0.05, 0) is 169 Å². The Labute approximate surface area is 585 Å². The van der Waals surface area contributed by atoms with Crippen LogP contribution in [0.2, 0.25) is 109 Å². The molecule has 548 valence electrons. The minimum absolute atomic E-state index is 0.0349. The highest BCUT2D eigenvalue weighted by Gasteiger charge is 2.50. The van der Waals surface area contributed by atoms with Crippen LogP contribution in [-0.2, 0) is 55.2 Å². The summed E-state index contributed by atoms with van der Waals surface area (Å²) < 4.78 is 64.6. The Morgan fingerprint density at radius 2 is 1.06 bits per heavy atom. The van der Waals surface area contributed by atoms with Crippen molar-refractivity contribution in [3.63, 3.8) is 0 Å². The predicted octanol–water partition coefficient (Wildman–Crippen LogP) is 21.5. The Balaban J connectivity index is 4.68. The third-order valence-corrected chi connectivity index (χ3v) is 51.2. The van der Waals surface area contributed by atoms with Gasteiger partial charge in [-0.25, -0.2) is 4.79 Å². The van der Waals surface area contributed by atoms with E-state index in [0.29, 0.717) is 31.4 Å². The van der Waals surface area contributed by atoms with Gasteiger partial charge in [-0.15, -0.1) is 0 Å². The van der Waals surface area contributed by atoms with Crippen LogP contribution in [0.1, 0.15) is 206 Å². The summed E-state index contributed by atoms with van der Waals surface area (Å²) in [5.74, 6) is -3.23. The molecule has 0 fully saturated rings. The highest BCUT2D eigenvalue weighted by atomic mass is 28.4. The second-order valence-corrected chi connectivity index (χ2v) is 58.3. The zero-order valence-electron chi connectivity index (χ0n) is 66.4. The molecular formula is C76H148O12Si6. The number of carbonyl (C=O) groups is 3. The lowest BCUT2D eigenvalue weighted by atomic mass is 9.80. The van der Waals surface area contributed by atoms with E-state index in [1.807, 2.05) is 19.9 Å². The molecule has 0 saturated carbocycles. The number of ketones is 2. The number of allylic oxidation sites excluding steroid dienone is 7. The summed E-state index contributed by atoms with van der Waals surface area (Å²) >= 11 is 0. The second-order valence-electron chi connectivity index (χ2n) is 29.9. The van der Waals surface area contributed by atoms with Crippen LogP contribution in [0.3, 0.4) is 0 Å². The van der Waals surface area contributed by atoms with Crippen molar-refractivity contribution < 1.29 is 55.2 Å². The van der Waals surface area contributed by atoms with Gasteiger partial charge in [0.05, 0.1) is 49.1 Å². The third kappa shape index (κ3) is 26.1. The number of methoxy groups -OCH3 is 2. The van der Waals surface area contributed by atoms with Gasteiger partial charge < -0.3 is 40.8 Å². The van der Waals surface area contributed by atoms with Crippen molar-refractivity contribution in [2.75, 3.05) is 20.8 Å². The van der Waals surface area contributed by atoms with Crippen molar-refractivity contribution >= 4 is 67.4 Å². The van der Waals surface area contributed by atoms with E-state index in [9.17, 15) is 0 Å². The molecule has 1 aliphatic heterocycles. The molecular weight excluding hydrogens is 1270 g/mol. The van der Waals surface area contributed by atoms with E-state index in [1.165, 1.54) is 0 Å². The average molecular weight is 1420 g/mol. The van der Waals surface area contributed by atoms with E-state index in [4.69, 9.17) is 40.8 Å². The number of carbonyl (C=O) groups excluding carboxylic acids is 3. The molecule has 12 atom stereocenters. The van der Waals surface area contributed by atoms with Crippen LogP contribution < -0.4 is 0 Å². The van der Waals surface area contributed by atoms with Crippen molar-refractivity contribution in [3.8, 4) is 0 Å². The lowest BCUT2D eigenvalue weighted by molar-refractivity contribution is -0.159. The number of ether oxygens (including phenoxy) is 3. The SMILES string of the molecule is CC[Si](CC)(CC)O[C@@H]([C@@H](C)[C@@H](C[C@H](COC)O[Si](C)(C)C(C)(C)C)O[Si](CC)(CC)CC)[C@@H](C)C(=O)[C@@H](C)C(=O)[C@H](O[Si](CC)(CC)CC)[C@@H]1C[C@H](OC)[C@@H](O[Si](CC)(CC)CC)CC/C=C(C)/C=C/[C@@H](O[Si](CC)(CC)CC)[C@H](C)/C=C(C)/C=C(C)/C=C(\C)C(=O)O1. The number of rotatable bonds is 40. The van der Waals surface area contributed by atoms with E-state index in [0.717, 1.165) is 107 Å². The molecule has 1 aliphatic rings. The van der Waals surface area contributed by atoms with Crippen molar-refractivity contribution in [1.82, 2.24) is 0 Å². The lowest BCUT2D eigenvalue weighted by Crippen LogP contribution is -2.55. The highest BCUT2D eigenvalue weighted by molar-refractivity contribution is 6.75. The fourth-order valence-electron chi connectivity index (χ4n) is 14.1. The quantitative estimate of drug-likeness (QED) is 0.0328. The van der Waals surface area contributed by atoms with E-state index >= 15 is 14.4 Å². The van der Waals surface area contributed by atoms with Gasteiger partial charge in [0, 0.05) is 44.0 Å². The van der Waals surface area contributed by atoms with Gasteiger partial charge in [-0.1, -0.05) is 192 Å². The van der Waals surface area contributed by atoms with Gasteiger partial charge >= 0.3 is 5.97 Å². The number of Topliss-reactive ketones (excluding diaryl/α,β-unsaturated/α-hetero) is 2. The summed E-state index contributed by atoms with van der Waals surface area (Å²) in [6.45, 7) is 61.6. The Bertz CT molecular complexity index is 2340. The Kier molecular flexibility index (Phi) is 41.1. The first-order chi connectivity index (χ1) is 44.0. The van der Waals surface area contributed by atoms with Crippen LogP contribution in [-0.4, -0.2) is 137 Å². The van der Waals surface area contributed by atoms with E-state index in [-0.39, 0.29) is 53.2 Å². The fraction of sp³-hybridized carbons (Fsp3) is 0.829. The molecule has 0 radical (unpaired) electrons. The number of cyclic esters (lactones) is 1. The maximum Gasteiger partial charge on any atom is 0.334 e. The maximum atomic E-state index is 16.4. The monoisotopic (exact) mass is 1420 g/mol. The van der Waals surface area contributed by atoms with Crippen molar-refractivity contribution in [3.05, 3.63) is 58.7 Å². The molecule has 0 saturated heterocycles. The normalized spacial score (nSPS) is 24.4. The minimum atomic E-state index is -2.73. The molecule has 18 heteroatoms. The Morgan fingerprint density at radius 1 is 0.596 bits per heavy atom. The number of esters is 1. The first kappa shape index (κ1) is 90.5. The molecule has 0 bridgehead atoms. The predicted molar refractivity (Wildman–Crippen MR) is 414 cm³/mol. The van der Waals surface area contributed by atoms with Crippen molar-refractivity contribution in [2.24, 2.45) is 23.7 Å². The lowest BCUT2D eigenvalue weighted by Gasteiger charge is -2.45. The van der Waals surface area contributed by atoms with Crippen molar-refractivity contribution in [1.29, 1.82) is 0 Å². The molecule has 94 heavy (non-hydrogen) atoms. The Hall–Kier alpha value is -1.51. The largest absolute Gasteiger partial charge is 0.456 e. The van der Waals surface area contributed by atoms with E-state index in [2.05, 4.69) is 196 Å². The van der Waals surface area contributed by atoms with Crippen molar-refractivity contribution in [2.45, 2.75) is 363 Å². The van der Waals surface area contributed by atoms with Gasteiger partial charge in [-0.2, -0.15) is 0 Å². The molecule has 0 N–H and O–H groups in total. The number of hydrogen-bond donors (Lipinski definition) is 0. The molecule has 0 unspecified atom stereocenters. The van der Waals surface area contributed by atoms with Crippen LogP contribution in [0.15, 0.2) is 58.7 Å². The highest BCUT2D eigenvalue weighted by Crippen LogP contribution is 2.42. The van der Waals surface area contributed by atoms with Crippen LogP contribution >= 0.6 is 0 Å². The summed E-state index contributed by atoms with van der Waals surface area (Å²) in [6, 6.07) is 13.7. The molecule has 0 amide bonds. The fourth-order valence-corrected chi connectivity index (χ4v) is 30.0. The summed E-state index contributed by atoms with van der Waals surface area (Å²) in [5, 5.41) is -0.0349. The molecule has 0 aliphatic carbocycles. The second kappa shape index (κ2) is 42.7. The third-order valence-electron chi connectivity index (χ3n) is 23.4. The summed E-state index contributed by atoms with van der Waals surface area (Å²) in [4.78, 5) is 47.8. The topological polar surface area (TPSA) is 134 Å². The van der Waals surface area contributed by atoms with Gasteiger partial charge in [-0.3, -0.25) is 9.59 Å². The number of hydrogen-bond acceptors (Lipinski definition) is 12. The zero-order chi connectivity index (χ0) is 72.2. The van der Waals surface area contributed by atoms with Crippen LogP contribution in [0.5, 0.6) is 0 Å². The Morgan fingerprint density at radius 3 is 1.52 bits per heavy atom. The molecule has 0 spiro atoms. The molecule has 0 aromatic heterocycles. The molecule has 0 aromatic carbocycles. The summed E-state index contributed by atoms with van der Waals surface area (Å²) in [5.41, 5.74) is 3.47. The van der Waals surface area contributed by atoms with Gasteiger partial charge in [0.2, 0.25) is 0 Å². The summed E-state index contributed by atoms with van der Waals surface area (Å²) in [7, 11) is -10.6. The summed E-state index contributed by atoms with van der Waals surface area (Å²) in [6.07, 6.45) is 10.4. The smallest absolute Gasteiger partial charge is 0.334 e. The first-order valence-corrected chi connectivity index (χ1v) is 53.3. The average Bonchev–Trinajstić information content (AvgIpc) is 0.806. The standard InChI is InChI=1S/C76H148O12Si6/c1-31-90(32-2,33-3)84-66-50-49-57(16)47-46-48-67(85-91(34-4,35-5)36-6)69(81-28)55-70(82-75(79)61(20)53-59(18)51-58(17)52-60(66)19)74(88-94(43-13,44-14)45-15)72(78)63(22)71(77)64(23)73(87-93(40-10,41-11)42-12)62(21)68(86-92(37-7,38-8)39-9)54-65(56-80-27)83-89(29,30)76(24,25)26/h47,49-53,60,62-70,73-74H,31-46,48,54-56H2,1-30H3/b50-49+,57-47+,58-52+,59-51+,61-53+/t60-,62+,63-,64+,65-,66-,67+,68-,69+,70+,73+,74-/m1/s1. The van der Waals surface area contributed by atoms with Gasteiger partial charge in [0.25, 0.3) is 0 Å². The molecule has 1 heterocycles. The first-order valence-electron chi connectivity index (χ1n) is 37.8. The minimum Gasteiger partial charge on any atom is -0.456 e. The maximum absolute atomic E-state index is 16.4. The molecule has 1 rings (SSSR count). The van der Waals surface area contributed by atoms with Crippen LogP contribution in [0, 0.1) is 23.7 Å². The molecule has 0 aromatic rings. The van der Waals surface area contributed by atoms with E-state index in [1.54, 1.807) is 28.1 Å².